The van der Waals surface area contributed by atoms with Gasteiger partial charge >= 0.3 is 11.5 Å². The molecule has 0 atom stereocenters. The first-order valence-electron chi connectivity index (χ1n) is 4.05. The second-order valence-electron chi connectivity index (χ2n) is 3.11. The van der Waals surface area contributed by atoms with E-state index in [1.165, 1.54) is 0 Å². The minimum atomic E-state index is -4.23. The van der Waals surface area contributed by atoms with E-state index in [1.807, 2.05) is 0 Å². The molecule has 14 heavy (non-hydrogen) atoms. The predicted molar refractivity (Wildman–Crippen MR) is 46.1 cm³/mol. The summed E-state index contributed by atoms with van der Waals surface area (Å²) in [5.74, 6) is -1.13. The van der Waals surface area contributed by atoms with Crippen molar-refractivity contribution >= 4 is 17.7 Å². The Morgan fingerprint density at radius 3 is 2.43 bits per heavy atom. The van der Waals surface area contributed by atoms with Gasteiger partial charge in [-0.25, -0.2) is 0 Å². The number of thioether (sulfide) groups is 1. The van der Waals surface area contributed by atoms with Crippen LogP contribution in [0.5, 0.6) is 0 Å². The number of aliphatic carboxylic acids is 1. The van der Waals surface area contributed by atoms with Crippen molar-refractivity contribution in [2.75, 3.05) is 12.3 Å². The second-order valence-corrected chi connectivity index (χ2v) is 4.27. The van der Waals surface area contributed by atoms with Gasteiger partial charge in [0.1, 0.15) is 5.54 Å². The van der Waals surface area contributed by atoms with Crippen molar-refractivity contribution in [2.24, 2.45) is 0 Å². The lowest BCUT2D eigenvalue weighted by Gasteiger charge is -2.12. The van der Waals surface area contributed by atoms with Gasteiger partial charge in [0.15, 0.2) is 0 Å². The van der Waals surface area contributed by atoms with E-state index in [0.717, 1.165) is 0 Å². The highest BCUT2D eigenvalue weighted by atomic mass is 32.2. The maximum atomic E-state index is 11.7. The molecular weight excluding hydrogens is 219 g/mol. The Hall–Kier alpha value is -0.430. The molecule has 1 fully saturated rings. The van der Waals surface area contributed by atoms with Gasteiger partial charge in [-0.3, -0.25) is 4.79 Å². The molecule has 0 bridgehead atoms. The number of alkyl halides is 3. The third-order valence-electron chi connectivity index (χ3n) is 1.99. The number of carboxylic acids is 1. The Labute approximate surface area is 83.0 Å². The highest BCUT2D eigenvalue weighted by molar-refractivity contribution is 8.00. The molecule has 1 aliphatic carbocycles. The highest BCUT2D eigenvalue weighted by Crippen LogP contribution is 2.36. The van der Waals surface area contributed by atoms with E-state index < -0.39 is 17.0 Å². The molecule has 1 rings (SSSR count). The van der Waals surface area contributed by atoms with Crippen LogP contribution < -0.4 is 5.32 Å². The lowest BCUT2D eigenvalue weighted by atomic mass is 10.3. The van der Waals surface area contributed by atoms with Crippen molar-refractivity contribution in [3.05, 3.63) is 0 Å². The Bertz CT molecular complexity index is 227. The zero-order valence-electron chi connectivity index (χ0n) is 7.23. The Balaban J connectivity index is 2.13. The van der Waals surface area contributed by atoms with Crippen molar-refractivity contribution in [3.8, 4) is 0 Å². The molecule has 3 nitrogen and oxygen atoms in total. The van der Waals surface area contributed by atoms with Crippen LogP contribution in [0.4, 0.5) is 13.2 Å². The van der Waals surface area contributed by atoms with Crippen LogP contribution >= 0.6 is 11.8 Å². The second kappa shape index (κ2) is 3.98. The van der Waals surface area contributed by atoms with Crippen LogP contribution in [-0.2, 0) is 4.79 Å². The van der Waals surface area contributed by atoms with E-state index in [4.69, 9.17) is 5.11 Å². The lowest BCUT2D eigenvalue weighted by molar-refractivity contribution is -0.140. The minimum Gasteiger partial charge on any atom is -0.480 e. The van der Waals surface area contributed by atoms with Gasteiger partial charge in [0, 0.05) is 12.3 Å². The van der Waals surface area contributed by atoms with Crippen molar-refractivity contribution in [2.45, 2.75) is 23.9 Å². The highest BCUT2D eigenvalue weighted by Gasteiger charge is 2.49. The summed E-state index contributed by atoms with van der Waals surface area (Å²) in [5.41, 5.74) is -5.17. The molecule has 0 saturated heterocycles. The third-order valence-corrected chi connectivity index (χ3v) is 2.73. The molecule has 1 saturated carbocycles. The Morgan fingerprint density at radius 1 is 1.50 bits per heavy atom. The monoisotopic (exact) mass is 229 g/mol. The van der Waals surface area contributed by atoms with Gasteiger partial charge < -0.3 is 10.4 Å². The van der Waals surface area contributed by atoms with E-state index in [0.29, 0.717) is 12.8 Å². The van der Waals surface area contributed by atoms with E-state index in [9.17, 15) is 18.0 Å². The quantitative estimate of drug-likeness (QED) is 0.700. The van der Waals surface area contributed by atoms with Gasteiger partial charge in [-0.15, -0.1) is 0 Å². The van der Waals surface area contributed by atoms with Crippen LogP contribution in [0.15, 0.2) is 0 Å². The SMILES string of the molecule is O=C(O)C1(NCCSC(F)(F)F)CC1. The number of hydrogen-bond acceptors (Lipinski definition) is 3. The fourth-order valence-corrected chi connectivity index (χ4v) is 1.48. The van der Waals surface area contributed by atoms with Crippen LogP contribution in [-0.4, -0.2) is 34.4 Å². The summed E-state index contributed by atoms with van der Waals surface area (Å²) in [5, 5.41) is 11.3. The molecule has 82 valence electrons. The van der Waals surface area contributed by atoms with Gasteiger partial charge in [-0.2, -0.15) is 13.2 Å². The van der Waals surface area contributed by atoms with E-state index in [1.54, 1.807) is 0 Å². The number of halogens is 3. The van der Waals surface area contributed by atoms with E-state index in [-0.39, 0.29) is 24.1 Å². The van der Waals surface area contributed by atoms with Crippen LogP contribution in [0.25, 0.3) is 0 Å². The minimum absolute atomic E-state index is 0.0659. The molecule has 0 radical (unpaired) electrons. The number of hydrogen-bond donors (Lipinski definition) is 2. The van der Waals surface area contributed by atoms with Gasteiger partial charge in [-0.05, 0) is 24.6 Å². The Morgan fingerprint density at radius 2 is 2.07 bits per heavy atom. The first kappa shape index (κ1) is 11.6. The molecule has 0 aromatic rings. The maximum absolute atomic E-state index is 11.7. The van der Waals surface area contributed by atoms with E-state index >= 15 is 0 Å². The summed E-state index contributed by atoms with van der Waals surface area (Å²) in [7, 11) is 0. The fourth-order valence-electron chi connectivity index (χ4n) is 1.05. The summed E-state index contributed by atoms with van der Waals surface area (Å²) >= 11 is -0.142. The van der Waals surface area contributed by atoms with Crippen LogP contribution in [0.3, 0.4) is 0 Å². The first-order chi connectivity index (χ1) is 6.36. The zero-order chi connectivity index (χ0) is 10.8. The number of rotatable bonds is 5. The molecule has 0 unspecified atom stereocenters. The number of carbonyl (C=O) groups is 1. The third kappa shape index (κ3) is 3.38. The number of carboxylic acid groups (broad SMARTS) is 1. The summed E-state index contributed by atoms with van der Waals surface area (Å²) in [4.78, 5) is 10.6. The van der Waals surface area contributed by atoms with Crippen LogP contribution in [0.2, 0.25) is 0 Å². The fraction of sp³-hybridized carbons (Fsp3) is 0.857. The summed E-state index contributed by atoms with van der Waals surface area (Å²) < 4.78 is 35.0. The zero-order valence-corrected chi connectivity index (χ0v) is 8.04. The molecule has 0 heterocycles. The average Bonchev–Trinajstić information content (AvgIpc) is 2.77. The number of nitrogens with one attached hydrogen (secondary N) is 1. The molecule has 2 N–H and O–H groups in total. The average molecular weight is 229 g/mol. The van der Waals surface area contributed by atoms with E-state index in [2.05, 4.69) is 5.32 Å². The van der Waals surface area contributed by atoms with Crippen molar-refractivity contribution < 1.29 is 23.1 Å². The summed E-state index contributed by atoms with van der Waals surface area (Å²) in [6.07, 6.45) is 0.998. The van der Waals surface area contributed by atoms with Crippen molar-refractivity contribution in [1.29, 1.82) is 0 Å². The molecular formula is C7H10F3NO2S. The molecule has 0 spiro atoms. The van der Waals surface area contributed by atoms with Crippen molar-refractivity contribution in [3.63, 3.8) is 0 Å². The summed E-state index contributed by atoms with van der Waals surface area (Å²) in [6.45, 7) is 0.0659. The maximum Gasteiger partial charge on any atom is 0.441 e. The smallest absolute Gasteiger partial charge is 0.441 e. The lowest BCUT2D eigenvalue weighted by Crippen LogP contribution is -2.40. The van der Waals surface area contributed by atoms with Gasteiger partial charge in [-0.1, -0.05) is 0 Å². The standard InChI is InChI=1S/C7H10F3NO2S/c8-7(9,10)14-4-3-11-6(1-2-6)5(12)13/h11H,1-4H2,(H,12,13). The van der Waals surface area contributed by atoms with Crippen LogP contribution in [0, 0.1) is 0 Å². The Kier molecular flexibility index (Phi) is 3.31. The first-order valence-corrected chi connectivity index (χ1v) is 5.03. The molecule has 0 aromatic heterocycles. The summed E-state index contributed by atoms with van der Waals surface area (Å²) in [6, 6.07) is 0. The largest absolute Gasteiger partial charge is 0.480 e. The molecule has 1 aliphatic rings. The molecule has 0 amide bonds. The topological polar surface area (TPSA) is 49.3 Å². The van der Waals surface area contributed by atoms with Crippen molar-refractivity contribution in [1.82, 2.24) is 5.32 Å². The van der Waals surface area contributed by atoms with Gasteiger partial charge in [0.25, 0.3) is 0 Å². The van der Waals surface area contributed by atoms with Crippen LogP contribution in [0.1, 0.15) is 12.8 Å². The molecule has 0 aromatic carbocycles. The molecule has 7 heteroatoms. The molecule has 0 aliphatic heterocycles. The normalized spacial score (nSPS) is 19.4. The van der Waals surface area contributed by atoms with Gasteiger partial charge in [0.2, 0.25) is 0 Å². The predicted octanol–water partition coefficient (Wildman–Crippen LogP) is 1.45. The van der Waals surface area contributed by atoms with Gasteiger partial charge in [0.05, 0.1) is 0 Å².